The zero-order chi connectivity index (χ0) is 13.5. The van der Waals surface area contributed by atoms with E-state index in [1.807, 2.05) is 0 Å². The molecule has 0 heterocycles. The summed E-state index contributed by atoms with van der Waals surface area (Å²) in [6.07, 6.45) is -0.377. The van der Waals surface area contributed by atoms with Gasteiger partial charge in [0.15, 0.2) is 0 Å². The van der Waals surface area contributed by atoms with Crippen LogP contribution in [0.3, 0.4) is 0 Å². The van der Waals surface area contributed by atoms with Crippen molar-refractivity contribution < 1.29 is 9.90 Å². The number of benzene rings is 1. The number of halogens is 1. The van der Waals surface area contributed by atoms with E-state index in [1.165, 1.54) is 0 Å². The maximum atomic E-state index is 11.2. The van der Waals surface area contributed by atoms with Gasteiger partial charge in [-0.25, -0.2) is 0 Å². The summed E-state index contributed by atoms with van der Waals surface area (Å²) in [6.45, 7) is 3.51. The van der Waals surface area contributed by atoms with Crippen LogP contribution in [0.5, 0.6) is 0 Å². The number of nitrogens with two attached hydrogens (primary N) is 1. The molecule has 5 N–H and O–H groups in total. The van der Waals surface area contributed by atoms with Gasteiger partial charge in [0.05, 0.1) is 11.7 Å². The molecule has 0 saturated heterocycles. The SMILES string of the molecule is CC(O)CNCCNc1cc(Cl)ccc1C(N)=O. The molecule has 18 heavy (non-hydrogen) atoms. The van der Waals surface area contributed by atoms with Crippen molar-refractivity contribution in [3.8, 4) is 0 Å². The quantitative estimate of drug-likeness (QED) is 0.553. The minimum atomic E-state index is -0.494. The number of amides is 1. The molecular formula is C12H18ClN3O2. The van der Waals surface area contributed by atoms with Crippen LogP contribution in [0.15, 0.2) is 18.2 Å². The first-order chi connectivity index (χ1) is 8.50. The van der Waals surface area contributed by atoms with E-state index in [-0.39, 0.29) is 6.10 Å². The average molecular weight is 272 g/mol. The molecule has 0 bridgehead atoms. The Morgan fingerprint density at radius 2 is 2.22 bits per heavy atom. The lowest BCUT2D eigenvalue weighted by Gasteiger charge is -2.11. The van der Waals surface area contributed by atoms with Gasteiger partial charge in [-0.1, -0.05) is 11.6 Å². The van der Waals surface area contributed by atoms with Crippen molar-refractivity contribution in [3.63, 3.8) is 0 Å². The van der Waals surface area contributed by atoms with E-state index >= 15 is 0 Å². The van der Waals surface area contributed by atoms with Gasteiger partial charge in [0.2, 0.25) is 0 Å². The van der Waals surface area contributed by atoms with E-state index in [9.17, 15) is 4.79 Å². The Morgan fingerprint density at radius 3 is 2.83 bits per heavy atom. The Hall–Kier alpha value is -1.30. The van der Waals surface area contributed by atoms with E-state index in [2.05, 4.69) is 10.6 Å². The van der Waals surface area contributed by atoms with Crippen LogP contribution in [0.25, 0.3) is 0 Å². The molecule has 0 fully saturated rings. The number of carbonyl (C=O) groups is 1. The third-order valence-corrected chi connectivity index (χ3v) is 2.54. The highest BCUT2D eigenvalue weighted by Crippen LogP contribution is 2.20. The minimum Gasteiger partial charge on any atom is -0.392 e. The van der Waals surface area contributed by atoms with Crippen LogP contribution in [0, 0.1) is 0 Å². The molecule has 0 radical (unpaired) electrons. The van der Waals surface area contributed by atoms with Crippen LogP contribution in [0.4, 0.5) is 5.69 Å². The summed E-state index contributed by atoms with van der Waals surface area (Å²) >= 11 is 5.86. The van der Waals surface area contributed by atoms with E-state index in [0.717, 1.165) is 0 Å². The summed E-state index contributed by atoms with van der Waals surface area (Å²) in [6, 6.07) is 4.88. The first kappa shape index (κ1) is 14.8. The predicted molar refractivity (Wildman–Crippen MR) is 73.0 cm³/mol. The topological polar surface area (TPSA) is 87.4 Å². The fraction of sp³-hybridized carbons (Fsp3) is 0.417. The van der Waals surface area contributed by atoms with Crippen LogP contribution in [-0.2, 0) is 0 Å². The lowest BCUT2D eigenvalue weighted by atomic mass is 10.1. The number of aliphatic hydroxyl groups excluding tert-OH is 1. The van der Waals surface area contributed by atoms with Gasteiger partial charge in [-0.3, -0.25) is 4.79 Å². The standard InChI is InChI=1S/C12H18ClN3O2/c1-8(17)7-15-4-5-16-11-6-9(13)2-3-10(11)12(14)18/h2-3,6,8,15-17H,4-5,7H2,1H3,(H2,14,18). The number of aliphatic hydroxyl groups is 1. The predicted octanol–water partition coefficient (Wildman–Crippen LogP) is 0.821. The fourth-order valence-electron chi connectivity index (χ4n) is 1.47. The second-order valence-electron chi connectivity index (χ2n) is 4.03. The number of primary amides is 1. The van der Waals surface area contributed by atoms with Crippen molar-refractivity contribution in [3.05, 3.63) is 28.8 Å². The molecule has 0 aliphatic heterocycles. The number of hydrogen-bond donors (Lipinski definition) is 4. The number of anilines is 1. The molecule has 1 aromatic rings. The van der Waals surface area contributed by atoms with Crippen LogP contribution in [0.2, 0.25) is 5.02 Å². The summed E-state index contributed by atoms with van der Waals surface area (Å²) in [5.74, 6) is -0.494. The number of hydrogen-bond acceptors (Lipinski definition) is 4. The van der Waals surface area contributed by atoms with E-state index < -0.39 is 5.91 Å². The molecule has 1 aromatic carbocycles. The largest absolute Gasteiger partial charge is 0.392 e. The molecule has 6 heteroatoms. The van der Waals surface area contributed by atoms with Gasteiger partial charge in [-0.2, -0.15) is 0 Å². The number of rotatable bonds is 7. The zero-order valence-corrected chi connectivity index (χ0v) is 11.0. The van der Waals surface area contributed by atoms with Crippen LogP contribution in [-0.4, -0.2) is 36.8 Å². The smallest absolute Gasteiger partial charge is 0.250 e. The fourth-order valence-corrected chi connectivity index (χ4v) is 1.65. The van der Waals surface area contributed by atoms with Gasteiger partial charge in [0.25, 0.3) is 5.91 Å². The van der Waals surface area contributed by atoms with Crippen LogP contribution in [0.1, 0.15) is 17.3 Å². The molecule has 1 unspecified atom stereocenters. The van der Waals surface area contributed by atoms with E-state index in [1.54, 1.807) is 25.1 Å². The van der Waals surface area contributed by atoms with Crippen molar-refractivity contribution in [2.24, 2.45) is 5.73 Å². The lowest BCUT2D eigenvalue weighted by Crippen LogP contribution is -2.29. The number of nitrogens with one attached hydrogen (secondary N) is 2. The Kier molecular flexibility index (Phi) is 5.91. The summed E-state index contributed by atoms with van der Waals surface area (Å²) in [5, 5.41) is 15.7. The highest BCUT2D eigenvalue weighted by molar-refractivity contribution is 6.31. The first-order valence-electron chi connectivity index (χ1n) is 5.72. The molecule has 100 valence electrons. The number of carbonyl (C=O) groups excluding carboxylic acids is 1. The van der Waals surface area contributed by atoms with Crippen molar-refractivity contribution in [1.82, 2.24) is 5.32 Å². The highest BCUT2D eigenvalue weighted by Gasteiger charge is 2.07. The third kappa shape index (κ3) is 4.91. The Morgan fingerprint density at radius 1 is 1.50 bits per heavy atom. The van der Waals surface area contributed by atoms with Crippen molar-refractivity contribution in [1.29, 1.82) is 0 Å². The normalized spacial score (nSPS) is 12.2. The van der Waals surface area contributed by atoms with Gasteiger partial charge in [0.1, 0.15) is 0 Å². The Bertz CT molecular complexity index is 410. The van der Waals surface area contributed by atoms with Crippen molar-refractivity contribution in [2.75, 3.05) is 25.0 Å². The van der Waals surface area contributed by atoms with E-state index in [4.69, 9.17) is 22.4 Å². The molecular weight excluding hydrogens is 254 g/mol. The third-order valence-electron chi connectivity index (χ3n) is 2.30. The molecule has 0 spiro atoms. The van der Waals surface area contributed by atoms with Gasteiger partial charge in [0, 0.05) is 30.3 Å². The molecule has 1 atom stereocenters. The summed E-state index contributed by atoms with van der Waals surface area (Å²) in [7, 11) is 0. The second kappa shape index (κ2) is 7.20. The van der Waals surface area contributed by atoms with Crippen LogP contribution < -0.4 is 16.4 Å². The Labute approximate surface area is 111 Å². The van der Waals surface area contributed by atoms with Gasteiger partial charge < -0.3 is 21.5 Å². The highest BCUT2D eigenvalue weighted by atomic mass is 35.5. The molecule has 0 aliphatic carbocycles. The summed E-state index contributed by atoms with van der Waals surface area (Å²) in [5.41, 5.74) is 6.30. The molecule has 5 nitrogen and oxygen atoms in total. The average Bonchev–Trinajstić information content (AvgIpc) is 2.27. The summed E-state index contributed by atoms with van der Waals surface area (Å²) < 4.78 is 0. The van der Waals surface area contributed by atoms with Crippen molar-refractivity contribution in [2.45, 2.75) is 13.0 Å². The van der Waals surface area contributed by atoms with Crippen molar-refractivity contribution >= 4 is 23.2 Å². The maximum absolute atomic E-state index is 11.2. The minimum absolute atomic E-state index is 0.377. The molecule has 0 saturated carbocycles. The van der Waals surface area contributed by atoms with Gasteiger partial charge >= 0.3 is 0 Å². The molecule has 0 aliphatic rings. The zero-order valence-electron chi connectivity index (χ0n) is 10.2. The van der Waals surface area contributed by atoms with Gasteiger partial charge in [-0.05, 0) is 25.1 Å². The van der Waals surface area contributed by atoms with E-state index in [0.29, 0.717) is 35.9 Å². The first-order valence-corrected chi connectivity index (χ1v) is 6.10. The molecule has 0 aromatic heterocycles. The van der Waals surface area contributed by atoms with Gasteiger partial charge in [-0.15, -0.1) is 0 Å². The van der Waals surface area contributed by atoms with Crippen LogP contribution >= 0.6 is 11.6 Å². The monoisotopic (exact) mass is 271 g/mol. The maximum Gasteiger partial charge on any atom is 0.250 e. The lowest BCUT2D eigenvalue weighted by molar-refractivity contribution is 0.100. The second-order valence-corrected chi connectivity index (χ2v) is 4.47. The Balaban J connectivity index is 2.50. The molecule has 1 amide bonds. The molecule has 1 rings (SSSR count). The summed E-state index contributed by atoms with van der Waals surface area (Å²) in [4.78, 5) is 11.2.